The van der Waals surface area contributed by atoms with Crippen LogP contribution in [-0.2, 0) is 0 Å². The van der Waals surface area contributed by atoms with E-state index in [0.29, 0.717) is 11.9 Å². The lowest BCUT2D eigenvalue weighted by atomic mass is 10.2. The fraction of sp³-hybridized carbons (Fsp3) is 0.412. The van der Waals surface area contributed by atoms with Crippen molar-refractivity contribution in [3.05, 3.63) is 41.9 Å². The Kier molecular flexibility index (Phi) is 3.70. The standard InChI is InChI=1S/C17H19F2N5/c1-10-20-9-14-16(21-10)24(11-5-2-3-6-11)17(22-14)23-15-12(18)7-4-8-13(15)19/h4,7-9,11,17,22-23H,2-3,5-6H2,1H3. The highest BCUT2D eigenvalue weighted by atomic mass is 19.1. The minimum atomic E-state index is -0.610. The zero-order chi connectivity index (χ0) is 16.7. The third-order valence-corrected chi connectivity index (χ3v) is 4.67. The lowest BCUT2D eigenvalue weighted by Crippen LogP contribution is -2.47. The molecule has 0 saturated heterocycles. The molecule has 0 radical (unpaired) electrons. The van der Waals surface area contributed by atoms with Gasteiger partial charge in [-0.3, -0.25) is 0 Å². The van der Waals surface area contributed by atoms with Crippen molar-refractivity contribution in [2.75, 3.05) is 15.5 Å². The Bertz CT molecular complexity index is 740. The summed E-state index contributed by atoms with van der Waals surface area (Å²) in [6.45, 7) is 1.84. The van der Waals surface area contributed by atoms with E-state index in [9.17, 15) is 8.78 Å². The molecule has 4 rings (SSSR count). The highest BCUT2D eigenvalue weighted by Crippen LogP contribution is 2.38. The van der Waals surface area contributed by atoms with Gasteiger partial charge in [0, 0.05) is 6.04 Å². The van der Waals surface area contributed by atoms with Gasteiger partial charge in [0.05, 0.1) is 11.9 Å². The monoisotopic (exact) mass is 331 g/mol. The van der Waals surface area contributed by atoms with Gasteiger partial charge in [0.1, 0.15) is 23.1 Å². The number of hydrogen-bond donors (Lipinski definition) is 2. The summed E-state index contributed by atoms with van der Waals surface area (Å²) in [5, 5.41) is 6.22. The van der Waals surface area contributed by atoms with Crippen molar-refractivity contribution in [2.45, 2.75) is 44.9 Å². The van der Waals surface area contributed by atoms with Crippen LogP contribution in [0.25, 0.3) is 0 Å². The van der Waals surface area contributed by atoms with Crippen LogP contribution in [0, 0.1) is 18.6 Å². The number of benzene rings is 1. The number of aromatic nitrogens is 2. The van der Waals surface area contributed by atoms with Crippen LogP contribution in [0.15, 0.2) is 24.4 Å². The average molecular weight is 331 g/mol. The van der Waals surface area contributed by atoms with Crippen molar-refractivity contribution in [1.29, 1.82) is 0 Å². The number of para-hydroxylation sites is 1. The van der Waals surface area contributed by atoms with Crippen LogP contribution in [0.3, 0.4) is 0 Å². The summed E-state index contributed by atoms with van der Waals surface area (Å²) in [7, 11) is 0. The van der Waals surface area contributed by atoms with Gasteiger partial charge in [-0.2, -0.15) is 0 Å². The molecule has 2 aliphatic rings. The van der Waals surface area contributed by atoms with E-state index >= 15 is 0 Å². The highest BCUT2D eigenvalue weighted by molar-refractivity contribution is 5.73. The number of anilines is 3. The number of fused-ring (bicyclic) bond motifs is 1. The van der Waals surface area contributed by atoms with Gasteiger partial charge < -0.3 is 15.5 Å². The molecular weight excluding hydrogens is 312 g/mol. The largest absolute Gasteiger partial charge is 0.344 e. The van der Waals surface area contributed by atoms with Crippen LogP contribution in [0.5, 0.6) is 0 Å². The first-order chi connectivity index (χ1) is 11.6. The third kappa shape index (κ3) is 2.53. The van der Waals surface area contributed by atoms with E-state index in [1.807, 2.05) is 6.92 Å². The van der Waals surface area contributed by atoms with Gasteiger partial charge in [0.25, 0.3) is 0 Å². The molecule has 0 bridgehead atoms. The number of rotatable bonds is 3. The number of hydrogen-bond acceptors (Lipinski definition) is 5. The maximum absolute atomic E-state index is 14.0. The smallest absolute Gasteiger partial charge is 0.178 e. The first-order valence-electron chi connectivity index (χ1n) is 8.22. The predicted octanol–water partition coefficient (Wildman–Crippen LogP) is 3.63. The molecular formula is C17H19F2N5. The van der Waals surface area contributed by atoms with Gasteiger partial charge in [-0.15, -0.1) is 0 Å². The van der Waals surface area contributed by atoms with Crippen molar-refractivity contribution in [2.24, 2.45) is 0 Å². The molecule has 24 heavy (non-hydrogen) atoms. The molecule has 2 N–H and O–H groups in total. The molecule has 1 aliphatic carbocycles. The van der Waals surface area contributed by atoms with E-state index in [-0.39, 0.29) is 5.69 Å². The summed E-state index contributed by atoms with van der Waals surface area (Å²) >= 11 is 0. The lowest BCUT2D eigenvalue weighted by molar-refractivity contribution is 0.557. The maximum atomic E-state index is 14.0. The first kappa shape index (κ1) is 15.1. The molecule has 1 saturated carbocycles. The fourth-order valence-corrected chi connectivity index (χ4v) is 3.54. The minimum absolute atomic E-state index is 0.129. The summed E-state index contributed by atoms with van der Waals surface area (Å²) in [6, 6.07) is 4.14. The Morgan fingerprint density at radius 1 is 1.21 bits per heavy atom. The quantitative estimate of drug-likeness (QED) is 0.899. The summed E-state index contributed by atoms with van der Waals surface area (Å²) in [5.74, 6) is 0.253. The number of aryl methyl sites for hydroxylation is 1. The molecule has 2 heterocycles. The van der Waals surface area contributed by atoms with Crippen LogP contribution in [0.1, 0.15) is 31.5 Å². The van der Waals surface area contributed by atoms with E-state index in [1.165, 1.54) is 18.2 Å². The van der Waals surface area contributed by atoms with E-state index in [0.717, 1.165) is 37.2 Å². The second-order valence-corrected chi connectivity index (χ2v) is 6.29. The van der Waals surface area contributed by atoms with Crippen LogP contribution in [0.4, 0.5) is 26.0 Å². The van der Waals surface area contributed by atoms with Crippen molar-refractivity contribution in [3.8, 4) is 0 Å². The van der Waals surface area contributed by atoms with Gasteiger partial charge in [0.2, 0.25) is 0 Å². The number of halogens is 2. The van der Waals surface area contributed by atoms with Crippen LogP contribution in [-0.4, -0.2) is 22.3 Å². The molecule has 7 heteroatoms. The Hall–Kier alpha value is -2.44. The van der Waals surface area contributed by atoms with Gasteiger partial charge in [-0.25, -0.2) is 18.7 Å². The molecule has 1 aliphatic heterocycles. The van der Waals surface area contributed by atoms with E-state index in [4.69, 9.17) is 0 Å². The normalized spacial score (nSPS) is 20.1. The van der Waals surface area contributed by atoms with Crippen molar-refractivity contribution in [1.82, 2.24) is 9.97 Å². The van der Waals surface area contributed by atoms with Gasteiger partial charge >= 0.3 is 0 Å². The topological polar surface area (TPSA) is 53.1 Å². The molecule has 126 valence electrons. The molecule has 1 aromatic heterocycles. The molecule has 1 aromatic carbocycles. The number of nitrogens with one attached hydrogen (secondary N) is 2. The van der Waals surface area contributed by atoms with Crippen LogP contribution < -0.4 is 15.5 Å². The van der Waals surface area contributed by atoms with Crippen molar-refractivity contribution >= 4 is 17.2 Å². The molecule has 1 fully saturated rings. The molecule has 2 aromatic rings. The van der Waals surface area contributed by atoms with Crippen molar-refractivity contribution in [3.63, 3.8) is 0 Å². The summed E-state index contributed by atoms with van der Waals surface area (Å²) in [6.07, 6.45) is 5.66. The van der Waals surface area contributed by atoms with Gasteiger partial charge in [0.15, 0.2) is 12.1 Å². The van der Waals surface area contributed by atoms with E-state index < -0.39 is 17.9 Å². The van der Waals surface area contributed by atoms with Crippen molar-refractivity contribution < 1.29 is 8.78 Å². The zero-order valence-electron chi connectivity index (χ0n) is 13.4. The van der Waals surface area contributed by atoms with E-state index in [2.05, 4.69) is 25.5 Å². The second-order valence-electron chi connectivity index (χ2n) is 6.29. The zero-order valence-corrected chi connectivity index (χ0v) is 13.4. The van der Waals surface area contributed by atoms with Gasteiger partial charge in [-0.05, 0) is 31.9 Å². The summed E-state index contributed by atoms with van der Waals surface area (Å²) < 4.78 is 28.0. The van der Waals surface area contributed by atoms with Crippen LogP contribution in [0.2, 0.25) is 0 Å². The van der Waals surface area contributed by atoms with Gasteiger partial charge in [-0.1, -0.05) is 18.9 Å². The molecule has 1 atom stereocenters. The fourth-order valence-electron chi connectivity index (χ4n) is 3.54. The summed E-state index contributed by atoms with van der Waals surface area (Å²) in [5.41, 5.74) is 0.650. The number of nitrogens with zero attached hydrogens (tertiary/aromatic N) is 3. The molecule has 0 amide bonds. The SMILES string of the molecule is Cc1ncc2c(n1)N(C1CCCC1)C(Nc1c(F)cccc1F)N2. The molecule has 1 unspecified atom stereocenters. The van der Waals surface area contributed by atoms with E-state index in [1.54, 1.807) is 6.20 Å². The summed E-state index contributed by atoms with van der Waals surface area (Å²) in [4.78, 5) is 10.9. The maximum Gasteiger partial charge on any atom is 0.178 e. The Morgan fingerprint density at radius 3 is 2.62 bits per heavy atom. The first-order valence-corrected chi connectivity index (χ1v) is 8.22. The third-order valence-electron chi connectivity index (χ3n) is 4.67. The Balaban J connectivity index is 1.69. The Morgan fingerprint density at radius 2 is 1.92 bits per heavy atom. The average Bonchev–Trinajstić information content (AvgIpc) is 3.17. The second kappa shape index (κ2) is 5.89. The molecule has 0 spiro atoms. The highest BCUT2D eigenvalue weighted by Gasteiger charge is 2.37. The lowest BCUT2D eigenvalue weighted by Gasteiger charge is -2.32. The molecule has 5 nitrogen and oxygen atoms in total. The minimum Gasteiger partial charge on any atom is -0.344 e. The van der Waals surface area contributed by atoms with Crippen LogP contribution >= 0.6 is 0 Å². The Labute approximate surface area is 139 Å². The predicted molar refractivity (Wildman–Crippen MR) is 88.9 cm³/mol.